The molecule has 0 saturated heterocycles. The average molecular weight is 806 g/mol. The van der Waals surface area contributed by atoms with Crippen molar-refractivity contribution in [3.8, 4) is 0 Å². The standard InChI is InChI=1S/C34H40N4O11S4/c1-22(6-8-23-10-12-33(2)27-18-25(50-49-39)20-37(31(27)35-29(23)33)14-4-16-51(40,41)42)7-9-24-11-13-34(3)28-19-26(53(46,47)48)21-38(32(28)36-30(24)34)15-5-17-52(43,44)45/h6-9,18-21H,4-5,10-17H2,1-3H3,(H3-,39,40,41,42,43,44,45,46,47,48)/p-3. The van der Waals surface area contributed by atoms with Crippen LogP contribution in [0.4, 0.5) is 5.82 Å². The van der Waals surface area contributed by atoms with E-state index in [0.717, 1.165) is 52.7 Å². The first-order valence-electron chi connectivity index (χ1n) is 16.8. The first-order chi connectivity index (χ1) is 24.7. The highest BCUT2D eigenvalue weighted by Crippen LogP contribution is 2.55. The molecule has 0 spiro atoms. The van der Waals surface area contributed by atoms with Crippen LogP contribution in [-0.2, 0) is 46.6 Å². The van der Waals surface area contributed by atoms with Gasteiger partial charge >= 0.3 is 5.82 Å². The van der Waals surface area contributed by atoms with E-state index in [4.69, 9.17) is 9.98 Å². The maximum Gasteiger partial charge on any atom is 0.327 e. The Labute approximate surface area is 313 Å². The summed E-state index contributed by atoms with van der Waals surface area (Å²) >= 11 is 0.648. The molecule has 3 aliphatic heterocycles. The topological polar surface area (TPSA) is 236 Å². The van der Waals surface area contributed by atoms with Crippen LogP contribution in [0.25, 0.3) is 0 Å². The Hall–Kier alpha value is -3.27. The lowest BCUT2D eigenvalue weighted by Crippen LogP contribution is -2.37. The Kier molecular flexibility index (Phi) is 10.7. The second-order valence-corrected chi connectivity index (χ2v) is 19.3. The van der Waals surface area contributed by atoms with Gasteiger partial charge in [0, 0.05) is 52.9 Å². The number of aryl methyl sites for hydroxylation is 1. The average Bonchev–Trinajstić information content (AvgIpc) is 3.73. The summed E-state index contributed by atoms with van der Waals surface area (Å²) in [6.45, 7) is 6.15. The van der Waals surface area contributed by atoms with E-state index in [1.54, 1.807) is 11.1 Å². The quantitative estimate of drug-likeness (QED) is 0.0658. The Bertz CT molecular complexity index is 2340. The second kappa shape index (κ2) is 14.4. The summed E-state index contributed by atoms with van der Waals surface area (Å²) in [7, 11) is -13.7. The van der Waals surface area contributed by atoms with E-state index in [2.05, 4.69) is 11.3 Å². The van der Waals surface area contributed by atoms with Crippen molar-refractivity contribution in [3.63, 3.8) is 0 Å². The molecule has 5 aliphatic rings. The molecule has 1 aromatic rings. The molecule has 2 unspecified atom stereocenters. The number of aliphatic imine (C=N–C) groups is 2. The highest BCUT2D eigenvalue weighted by molar-refractivity contribution is 7.98. The zero-order valence-electron chi connectivity index (χ0n) is 29.1. The Morgan fingerprint density at radius 2 is 1.72 bits per heavy atom. The van der Waals surface area contributed by atoms with E-state index >= 15 is 0 Å². The van der Waals surface area contributed by atoms with Crippen molar-refractivity contribution >= 4 is 59.8 Å². The number of pyridine rings is 1. The molecule has 4 heterocycles. The summed E-state index contributed by atoms with van der Waals surface area (Å²) in [6.07, 6.45) is 15.3. The highest BCUT2D eigenvalue weighted by Gasteiger charge is 2.52. The summed E-state index contributed by atoms with van der Waals surface area (Å²) in [5.74, 6) is -0.104. The zero-order chi connectivity index (χ0) is 38.6. The number of hydrogen-bond acceptors (Lipinski definition) is 15. The first kappa shape index (κ1) is 39.4. The molecule has 19 heteroatoms. The van der Waals surface area contributed by atoms with Crippen molar-refractivity contribution in [2.45, 2.75) is 76.2 Å². The van der Waals surface area contributed by atoms with E-state index in [-0.39, 0.29) is 25.9 Å². The van der Waals surface area contributed by atoms with E-state index < -0.39 is 57.6 Å². The molecule has 2 aliphatic carbocycles. The van der Waals surface area contributed by atoms with Crippen LogP contribution in [0.2, 0.25) is 0 Å². The van der Waals surface area contributed by atoms with E-state index in [1.165, 1.54) is 10.6 Å². The molecule has 53 heavy (non-hydrogen) atoms. The van der Waals surface area contributed by atoms with Gasteiger partial charge in [0.1, 0.15) is 22.2 Å². The molecule has 0 amide bonds. The molecule has 2 atom stereocenters. The third kappa shape index (κ3) is 8.23. The fourth-order valence-corrected chi connectivity index (χ4v) is 9.49. The van der Waals surface area contributed by atoms with Crippen molar-refractivity contribution in [1.82, 2.24) is 4.90 Å². The number of nitrogens with zero attached hydrogens (tertiary/aromatic N) is 4. The third-order valence-electron chi connectivity index (χ3n) is 10.3. The molecule has 15 nitrogen and oxygen atoms in total. The maximum atomic E-state index is 12.0. The first-order valence-corrected chi connectivity index (χ1v) is 22.1. The lowest BCUT2D eigenvalue weighted by molar-refractivity contribution is -0.686. The summed E-state index contributed by atoms with van der Waals surface area (Å²) in [5, 5.41) is 11.0. The largest absolute Gasteiger partial charge is 0.748 e. The summed E-state index contributed by atoms with van der Waals surface area (Å²) in [4.78, 5) is 11.7. The minimum atomic E-state index is -4.84. The van der Waals surface area contributed by atoms with Gasteiger partial charge in [-0.3, -0.25) is 0 Å². The smallest absolute Gasteiger partial charge is 0.327 e. The molecule has 0 bridgehead atoms. The van der Waals surface area contributed by atoms with Crippen molar-refractivity contribution in [2.24, 2.45) is 15.4 Å². The molecule has 1 fully saturated rings. The van der Waals surface area contributed by atoms with Crippen LogP contribution < -0.4 is 9.82 Å². The van der Waals surface area contributed by atoms with Crippen molar-refractivity contribution in [3.05, 3.63) is 87.3 Å². The predicted octanol–water partition coefficient (Wildman–Crippen LogP) is 2.81. The number of rotatable bonds is 14. The molecule has 286 valence electrons. The highest BCUT2D eigenvalue weighted by atomic mass is 32.2. The molecule has 0 aromatic carbocycles. The van der Waals surface area contributed by atoms with Crippen LogP contribution >= 0.6 is 12.0 Å². The fraction of sp³-hybridized carbons (Fsp3) is 0.441. The Balaban J connectivity index is 1.25. The monoisotopic (exact) mass is 805 g/mol. The van der Waals surface area contributed by atoms with Gasteiger partial charge < -0.3 is 28.1 Å². The van der Waals surface area contributed by atoms with Crippen LogP contribution in [0.15, 0.2) is 96.6 Å². The van der Waals surface area contributed by atoms with E-state index in [0.29, 0.717) is 47.0 Å². The maximum absolute atomic E-state index is 12.0. The number of allylic oxidation sites excluding steroid dienone is 9. The van der Waals surface area contributed by atoms with Crippen molar-refractivity contribution < 1.29 is 53.1 Å². The van der Waals surface area contributed by atoms with Gasteiger partial charge in [-0.1, -0.05) is 29.9 Å². The fourth-order valence-electron chi connectivity index (χ4n) is 7.60. The van der Waals surface area contributed by atoms with Crippen LogP contribution in [0.1, 0.15) is 64.9 Å². The number of aromatic nitrogens is 1. The number of fused-ring (bicyclic) bond motifs is 6. The molecular formula is C34H37N4O11S4-3. The van der Waals surface area contributed by atoms with E-state index in [9.17, 15) is 44.2 Å². The van der Waals surface area contributed by atoms with Crippen LogP contribution in [0.5, 0.6) is 0 Å². The van der Waals surface area contributed by atoms with Crippen molar-refractivity contribution in [1.29, 1.82) is 0 Å². The van der Waals surface area contributed by atoms with Gasteiger partial charge in [-0.25, -0.2) is 34.8 Å². The summed E-state index contributed by atoms with van der Waals surface area (Å²) in [6, 6.07) is 1.34. The molecule has 1 aromatic heterocycles. The lowest BCUT2D eigenvalue weighted by Gasteiger charge is -2.31. The zero-order valence-corrected chi connectivity index (χ0v) is 32.4. The molecule has 0 N–H and O–H groups in total. The number of hydrogen-bond donors (Lipinski definition) is 0. The van der Waals surface area contributed by atoms with Crippen LogP contribution in [-0.4, -0.2) is 73.4 Å². The molecular weight excluding hydrogens is 769 g/mol. The van der Waals surface area contributed by atoms with Gasteiger partial charge in [0.2, 0.25) is 0 Å². The van der Waals surface area contributed by atoms with Gasteiger partial charge in [-0.2, -0.15) is 0 Å². The van der Waals surface area contributed by atoms with Crippen LogP contribution in [0, 0.1) is 5.41 Å². The lowest BCUT2D eigenvalue weighted by atomic mass is 9.80. The van der Waals surface area contributed by atoms with Gasteiger partial charge in [-0.05, 0) is 82.0 Å². The van der Waals surface area contributed by atoms with Gasteiger partial charge in [0.05, 0.1) is 53.3 Å². The van der Waals surface area contributed by atoms with Crippen LogP contribution in [0.3, 0.4) is 0 Å². The van der Waals surface area contributed by atoms with E-state index in [1.807, 2.05) is 44.2 Å². The summed E-state index contributed by atoms with van der Waals surface area (Å²) < 4.78 is 109. The summed E-state index contributed by atoms with van der Waals surface area (Å²) in [5.41, 5.74) is 4.79. The molecule has 1 saturated carbocycles. The normalized spacial score (nSPS) is 25.1. The predicted molar refractivity (Wildman–Crippen MR) is 191 cm³/mol. The van der Waals surface area contributed by atoms with Gasteiger partial charge in [0.25, 0.3) is 0 Å². The van der Waals surface area contributed by atoms with Gasteiger partial charge in [-0.15, -0.1) is 0 Å². The third-order valence-corrected chi connectivity index (χ3v) is 13.2. The SMILES string of the molecule is CC(/C=C/C1=C2N=C3C(=CC(SO[O-])=CN3CCCS(=O)(=O)[O-])C2(C)CC1)=C\C=C1/CCC2(C)C1=Nc1c2cc(S(=O)(=O)[O-])c[n+]1CCCS(=O)(=O)[O-]. The second-order valence-electron chi connectivity index (χ2n) is 14.1. The minimum Gasteiger partial charge on any atom is -0.748 e. The Morgan fingerprint density at radius 3 is 2.40 bits per heavy atom. The Morgan fingerprint density at radius 1 is 1.02 bits per heavy atom. The molecule has 0 radical (unpaired) electrons. The van der Waals surface area contributed by atoms with Crippen molar-refractivity contribution in [2.75, 3.05) is 18.1 Å². The van der Waals surface area contributed by atoms with Gasteiger partial charge in [0.15, 0.2) is 5.71 Å². The number of amidine groups is 1. The minimum absolute atomic E-state index is 0.0163. The molecule has 6 rings (SSSR count).